The molecule has 0 radical (unpaired) electrons. The van der Waals surface area contributed by atoms with E-state index in [1.165, 1.54) is 5.69 Å². The van der Waals surface area contributed by atoms with Crippen molar-refractivity contribution < 1.29 is 24.1 Å². The Hall–Kier alpha value is -3.97. The molecule has 0 aliphatic carbocycles. The van der Waals surface area contributed by atoms with E-state index >= 15 is 0 Å². The number of carbonyl (C=O) groups excluding carboxylic acids is 1. The van der Waals surface area contributed by atoms with Gasteiger partial charge in [0.1, 0.15) is 11.5 Å². The predicted molar refractivity (Wildman–Crippen MR) is 135 cm³/mol. The quantitative estimate of drug-likeness (QED) is 0.535. The molecular weight excluding hydrogens is 444 g/mol. The second-order valence-electron chi connectivity index (χ2n) is 8.59. The maximum atomic E-state index is 13.1. The topological polar surface area (TPSA) is 71.5 Å². The zero-order valence-electron chi connectivity index (χ0n) is 19.9. The van der Waals surface area contributed by atoms with Gasteiger partial charge in [-0.15, -0.1) is 0 Å². The average molecular weight is 473 g/mol. The molecule has 2 heterocycles. The van der Waals surface area contributed by atoms with Crippen molar-refractivity contribution in [2.45, 2.75) is 6.54 Å². The number of rotatable bonds is 6. The van der Waals surface area contributed by atoms with Gasteiger partial charge >= 0.3 is 0 Å². The number of fused-ring (bicyclic) bond motifs is 1. The molecule has 3 aromatic rings. The van der Waals surface area contributed by atoms with Crippen LogP contribution in [0.25, 0.3) is 6.08 Å². The maximum Gasteiger partial charge on any atom is 0.231 e. The minimum absolute atomic E-state index is 0.134. The first-order chi connectivity index (χ1) is 17.1. The number of hydrogen-bond donors (Lipinski definition) is 1. The number of allylic oxidation sites excluding steroid dienone is 1. The summed E-state index contributed by atoms with van der Waals surface area (Å²) in [6, 6.07) is 19.0. The lowest BCUT2D eigenvalue weighted by atomic mass is 10.0. The number of phenolic OH excluding ortho intramolecular Hbond substituents is 1. The molecule has 7 heteroatoms. The molecule has 1 N–H and O–H groups in total. The van der Waals surface area contributed by atoms with Crippen molar-refractivity contribution in [2.24, 2.45) is 0 Å². The van der Waals surface area contributed by atoms with Gasteiger partial charge in [-0.05, 0) is 48.0 Å². The molecule has 5 rings (SSSR count). The molecule has 0 aromatic heterocycles. The second kappa shape index (κ2) is 9.72. The summed E-state index contributed by atoms with van der Waals surface area (Å²) in [7, 11) is 3.14. The van der Waals surface area contributed by atoms with Crippen LogP contribution in [0.2, 0.25) is 0 Å². The zero-order valence-corrected chi connectivity index (χ0v) is 19.9. The molecule has 0 amide bonds. The van der Waals surface area contributed by atoms with Crippen LogP contribution < -0.4 is 19.1 Å². The van der Waals surface area contributed by atoms with Gasteiger partial charge in [0.2, 0.25) is 5.78 Å². The van der Waals surface area contributed by atoms with E-state index in [2.05, 4.69) is 34.1 Å². The van der Waals surface area contributed by atoms with Crippen LogP contribution in [0.5, 0.6) is 23.0 Å². The van der Waals surface area contributed by atoms with E-state index in [0.717, 1.165) is 31.7 Å². The summed E-state index contributed by atoms with van der Waals surface area (Å²) in [5.41, 5.74) is 3.07. The lowest BCUT2D eigenvalue weighted by Crippen LogP contribution is -2.46. The predicted octanol–water partition coefficient (Wildman–Crippen LogP) is 4.35. The molecule has 180 valence electrons. The van der Waals surface area contributed by atoms with Crippen LogP contribution in [0.15, 0.2) is 66.4 Å². The van der Waals surface area contributed by atoms with Gasteiger partial charge in [-0.2, -0.15) is 0 Å². The number of anilines is 1. The van der Waals surface area contributed by atoms with Gasteiger partial charge < -0.3 is 24.2 Å². The summed E-state index contributed by atoms with van der Waals surface area (Å²) < 4.78 is 16.7. The Labute approximate surface area is 204 Å². The van der Waals surface area contributed by atoms with Gasteiger partial charge in [-0.25, -0.2) is 0 Å². The summed E-state index contributed by atoms with van der Waals surface area (Å²) in [5, 5.41) is 10.6. The number of ether oxygens (including phenoxy) is 3. The Morgan fingerprint density at radius 2 is 1.69 bits per heavy atom. The van der Waals surface area contributed by atoms with Crippen LogP contribution in [0, 0.1) is 0 Å². The van der Waals surface area contributed by atoms with Crippen LogP contribution in [-0.2, 0) is 6.54 Å². The first kappa shape index (κ1) is 22.8. The molecule has 35 heavy (non-hydrogen) atoms. The number of piperazine rings is 1. The van der Waals surface area contributed by atoms with E-state index in [1.807, 2.05) is 12.1 Å². The minimum atomic E-state index is -0.204. The van der Waals surface area contributed by atoms with Crippen molar-refractivity contribution >= 4 is 17.5 Å². The largest absolute Gasteiger partial charge is 0.507 e. The fourth-order valence-corrected chi connectivity index (χ4v) is 4.57. The molecule has 0 atom stereocenters. The number of carbonyl (C=O) groups is 1. The van der Waals surface area contributed by atoms with Crippen molar-refractivity contribution in [1.29, 1.82) is 0 Å². The fourth-order valence-electron chi connectivity index (χ4n) is 4.57. The number of ketones is 1. The number of methoxy groups -OCH3 is 2. The normalized spacial score (nSPS) is 16.8. The number of aromatic hydroxyl groups is 1. The lowest BCUT2D eigenvalue weighted by molar-refractivity contribution is 0.101. The van der Waals surface area contributed by atoms with Crippen LogP contribution in [0.4, 0.5) is 5.69 Å². The molecule has 1 saturated heterocycles. The molecule has 2 aliphatic rings. The summed E-state index contributed by atoms with van der Waals surface area (Å²) in [6.45, 7) is 3.99. The Balaban J connectivity index is 1.34. The summed E-state index contributed by atoms with van der Waals surface area (Å²) in [5.74, 6) is 1.76. The van der Waals surface area contributed by atoms with Crippen LogP contribution in [0.1, 0.15) is 21.5 Å². The number of para-hydroxylation sites is 1. The highest BCUT2D eigenvalue weighted by Crippen LogP contribution is 2.40. The van der Waals surface area contributed by atoms with E-state index in [-0.39, 0.29) is 17.3 Å². The van der Waals surface area contributed by atoms with Gasteiger partial charge in [0, 0.05) is 38.4 Å². The highest BCUT2D eigenvalue weighted by molar-refractivity contribution is 6.15. The van der Waals surface area contributed by atoms with Crippen molar-refractivity contribution in [3.63, 3.8) is 0 Å². The zero-order chi connectivity index (χ0) is 24.4. The molecule has 0 unspecified atom stereocenters. The molecule has 1 fully saturated rings. The summed E-state index contributed by atoms with van der Waals surface area (Å²) >= 11 is 0. The van der Waals surface area contributed by atoms with Crippen LogP contribution in [0.3, 0.4) is 0 Å². The van der Waals surface area contributed by atoms with Gasteiger partial charge in [0.25, 0.3) is 0 Å². The van der Waals surface area contributed by atoms with Crippen molar-refractivity contribution in [3.8, 4) is 23.0 Å². The fraction of sp³-hybridized carbons (Fsp3) is 0.250. The number of benzene rings is 3. The molecule has 0 bridgehead atoms. The van der Waals surface area contributed by atoms with E-state index in [1.54, 1.807) is 44.6 Å². The lowest BCUT2D eigenvalue weighted by Gasteiger charge is -2.36. The molecular formula is C28H28N2O5. The summed E-state index contributed by atoms with van der Waals surface area (Å²) in [4.78, 5) is 17.7. The third kappa shape index (κ3) is 4.55. The first-order valence-electron chi connectivity index (χ1n) is 11.6. The van der Waals surface area contributed by atoms with Gasteiger partial charge in [0.05, 0.1) is 25.3 Å². The number of Topliss-reactive ketones (excluding diaryl/α,β-unsaturated/α-hetero) is 1. The Bertz CT molecular complexity index is 1260. The Morgan fingerprint density at radius 3 is 2.40 bits per heavy atom. The van der Waals surface area contributed by atoms with E-state index in [9.17, 15) is 9.90 Å². The van der Waals surface area contributed by atoms with Crippen LogP contribution in [-0.4, -0.2) is 56.2 Å². The van der Waals surface area contributed by atoms with Gasteiger partial charge in [-0.3, -0.25) is 9.69 Å². The standard InChI is InChI=1S/C28H28N2O5/c1-33-24-11-8-19(16-25(24)34-2)17-26-27(32)21-9-10-23(31)22(28(21)35-26)18-29-12-14-30(15-13-29)20-6-4-3-5-7-20/h3-11,16-17,31H,12-15,18H2,1-2H3/b26-17-. The SMILES string of the molecule is COc1ccc(/C=C2\Oc3c(ccc(O)c3CN3CCN(c4ccccc4)CC3)C2=O)cc1OC. The molecule has 2 aliphatic heterocycles. The third-order valence-corrected chi connectivity index (χ3v) is 6.50. The Morgan fingerprint density at radius 1 is 0.943 bits per heavy atom. The van der Waals surface area contributed by atoms with E-state index in [4.69, 9.17) is 14.2 Å². The smallest absolute Gasteiger partial charge is 0.231 e. The monoisotopic (exact) mass is 472 g/mol. The van der Waals surface area contributed by atoms with Crippen LogP contribution >= 0.6 is 0 Å². The van der Waals surface area contributed by atoms with E-state index < -0.39 is 0 Å². The second-order valence-corrected chi connectivity index (χ2v) is 8.59. The number of nitrogens with zero attached hydrogens (tertiary/aromatic N) is 2. The maximum absolute atomic E-state index is 13.1. The average Bonchev–Trinajstić information content (AvgIpc) is 3.21. The molecule has 3 aromatic carbocycles. The summed E-state index contributed by atoms with van der Waals surface area (Å²) in [6.07, 6.45) is 1.68. The van der Waals surface area contributed by atoms with Crippen molar-refractivity contribution in [2.75, 3.05) is 45.3 Å². The molecule has 0 saturated carbocycles. The highest BCUT2D eigenvalue weighted by Gasteiger charge is 2.32. The number of hydrogen-bond acceptors (Lipinski definition) is 7. The van der Waals surface area contributed by atoms with Gasteiger partial charge in [-0.1, -0.05) is 24.3 Å². The molecule has 0 spiro atoms. The number of phenols is 1. The van der Waals surface area contributed by atoms with Gasteiger partial charge in [0.15, 0.2) is 17.3 Å². The van der Waals surface area contributed by atoms with E-state index in [0.29, 0.717) is 34.9 Å². The van der Waals surface area contributed by atoms with Crippen molar-refractivity contribution in [1.82, 2.24) is 4.90 Å². The van der Waals surface area contributed by atoms with Crippen molar-refractivity contribution in [3.05, 3.63) is 83.1 Å². The minimum Gasteiger partial charge on any atom is -0.507 e. The Kier molecular flexibility index (Phi) is 6.33. The highest BCUT2D eigenvalue weighted by atomic mass is 16.5. The third-order valence-electron chi connectivity index (χ3n) is 6.50. The first-order valence-corrected chi connectivity index (χ1v) is 11.6. The molecule has 7 nitrogen and oxygen atoms in total.